The summed E-state index contributed by atoms with van der Waals surface area (Å²) in [5.74, 6) is -0.121. The molecule has 338 valence electrons. The van der Waals surface area contributed by atoms with Crippen LogP contribution in [0.5, 0.6) is 0 Å². The molecular formula is C50H104O4P2. The Kier molecular flexibility index (Phi) is 45.9. The van der Waals surface area contributed by atoms with Gasteiger partial charge in [0.2, 0.25) is 0 Å². The molecule has 56 heavy (non-hydrogen) atoms. The molecule has 1 unspecified atom stereocenters. The number of rotatable bonds is 43. The molecule has 0 spiro atoms. The molecular weight excluding hydrogens is 726 g/mol. The Morgan fingerprint density at radius 1 is 0.339 bits per heavy atom. The van der Waals surface area contributed by atoms with Crippen molar-refractivity contribution in [1.29, 1.82) is 0 Å². The number of hydrogen-bond acceptors (Lipinski definition) is 4. The van der Waals surface area contributed by atoms with Gasteiger partial charge in [-0.3, -0.25) is 4.79 Å². The predicted molar refractivity (Wildman–Crippen MR) is 258 cm³/mol. The van der Waals surface area contributed by atoms with Crippen LogP contribution in [-0.2, 0) is 18.6 Å². The molecule has 1 atom stereocenters. The first-order chi connectivity index (χ1) is 27.2. The van der Waals surface area contributed by atoms with Gasteiger partial charge in [0, 0.05) is 13.1 Å². The second-order valence-electron chi connectivity index (χ2n) is 17.8. The van der Waals surface area contributed by atoms with Crippen LogP contribution in [0.15, 0.2) is 0 Å². The van der Waals surface area contributed by atoms with Crippen LogP contribution >= 0.6 is 15.6 Å². The Morgan fingerprint density at radius 2 is 0.571 bits per heavy atom. The Balaban J connectivity index is 0. The summed E-state index contributed by atoms with van der Waals surface area (Å²) in [4.78, 5) is 23.3. The van der Waals surface area contributed by atoms with Gasteiger partial charge in [0.15, 0.2) is 0 Å². The fourth-order valence-electron chi connectivity index (χ4n) is 8.58. The SMILES string of the molecule is CCCCCCCCCCCCCCPOC(C)=O.CCCCCCCCP(CCCCCCCC)(CCCCCCCC)(CCCCCCCC)OC(C)=O. The zero-order valence-electron chi connectivity index (χ0n) is 39.6. The molecule has 0 rings (SSSR count). The van der Waals surface area contributed by atoms with Gasteiger partial charge < -0.3 is 4.52 Å². The van der Waals surface area contributed by atoms with Crippen LogP contribution in [0.4, 0.5) is 0 Å². The van der Waals surface area contributed by atoms with Gasteiger partial charge in [-0.25, -0.2) is 0 Å². The first kappa shape index (κ1) is 57.9. The van der Waals surface area contributed by atoms with E-state index in [4.69, 9.17) is 9.05 Å². The number of carbonyl (C=O) groups excluding carboxylic acids is 2. The van der Waals surface area contributed by atoms with Crippen molar-refractivity contribution in [1.82, 2.24) is 0 Å². The van der Waals surface area contributed by atoms with E-state index in [2.05, 4.69) is 34.6 Å². The first-order valence-electron chi connectivity index (χ1n) is 25.4. The monoisotopic (exact) mass is 831 g/mol. The van der Waals surface area contributed by atoms with Gasteiger partial charge in [-0.15, -0.1) is 0 Å². The summed E-state index contributed by atoms with van der Waals surface area (Å²) < 4.78 is 11.8. The van der Waals surface area contributed by atoms with E-state index in [1.165, 1.54) is 263 Å². The van der Waals surface area contributed by atoms with Gasteiger partial charge in [-0.05, 0) is 6.42 Å². The molecule has 0 aliphatic rings. The Bertz CT molecular complexity index is 743. The maximum atomic E-state index is 12.8. The Hall–Kier alpha value is -0.200. The summed E-state index contributed by atoms with van der Waals surface area (Å²) >= 11 is 0. The van der Waals surface area contributed by atoms with Crippen molar-refractivity contribution in [3.8, 4) is 0 Å². The van der Waals surface area contributed by atoms with Gasteiger partial charge >= 0.3 is 241 Å². The molecule has 0 aliphatic carbocycles. The fourth-order valence-corrected chi connectivity index (χ4v) is 15.8. The van der Waals surface area contributed by atoms with Gasteiger partial charge in [0.05, 0.1) is 8.81 Å². The van der Waals surface area contributed by atoms with Crippen molar-refractivity contribution in [3.63, 3.8) is 0 Å². The van der Waals surface area contributed by atoms with E-state index in [-0.39, 0.29) is 11.9 Å². The molecule has 0 fully saturated rings. The minimum absolute atomic E-state index is 0.0200. The van der Waals surface area contributed by atoms with Gasteiger partial charge in [0.1, 0.15) is 0 Å². The zero-order valence-corrected chi connectivity index (χ0v) is 41.5. The van der Waals surface area contributed by atoms with Crippen molar-refractivity contribution in [2.75, 3.05) is 30.8 Å². The molecule has 0 heterocycles. The van der Waals surface area contributed by atoms with Crippen LogP contribution < -0.4 is 0 Å². The first-order valence-corrected chi connectivity index (χ1v) is 29.4. The average Bonchev–Trinajstić information content (AvgIpc) is 3.17. The molecule has 4 nitrogen and oxygen atoms in total. The van der Waals surface area contributed by atoms with Gasteiger partial charge in [-0.1, -0.05) is 77.6 Å². The molecule has 0 N–H and O–H groups in total. The third kappa shape index (κ3) is 39.3. The molecule has 0 radical (unpaired) electrons. The normalized spacial score (nSPS) is 12.4. The van der Waals surface area contributed by atoms with Crippen LogP contribution in [0.1, 0.15) is 280 Å². The summed E-state index contributed by atoms with van der Waals surface area (Å²) in [5, 5.41) is 0. The zero-order chi connectivity index (χ0) is 41.7. The van der Waals surface area contributed by atoms with E-state index in [0.717, 1.165) is 6.16 Å². The molecule has 0 bridgehead atoms. The third-order valence-electron chi connectivity index (χ3n) is 12.0. The van der Waals surface area contributed by atoms with E-state index < -0.39 is 6.83 Å². The van der Waals surface area contributed by atoms with Crippen LogP contribution in [0.2, 0.25) is 0 Å². The topological polar surface area (TPSA) is 52.6 Å². The van der Waals surface area contributed by atoms with Crippen molar-refractivity contribution >= 4 is 27.6 Å². The molecule has 0 aromatic heterocycles. The second-order valence-corrected chi connectivity index (χ2v) is 24.5. The molecule has 0 saturated heterocycles. The maximum absolute atomic E-state index is 12.8. The fraction of sp³-hybridized carbons (Fsp3) is 0.960. The molecule has 6 heteroatoms. The van der Waals surface area contributed by atoms with E-state index in [1.807, 2.05) is 0 Å². The van der Waals surface area contributed by atoms with Crippen LogP contribution in [0.25, 0.3) is 0 Å². The van der Waals surface area contributed by atoms with E-state index in [0.29, 0.717) is 8.81 Å². The molecule has 0 aromatic carbocycles. The Morgan fingerprint density at radius 3 is 0.804 bits per heavy atom. The van der Waals surface area contributed by atoms with Crippen molar-refractivity contribution in [2.45, 2.75) is 280 Å². The number of hydrogen-bond donors (Lipinski definition) is 0. The van der Waals surface area contributed by atoms with E-state index in [9.17, 15) is 9.59 Å². The standard InChI is InChI=1S/C34H71O2P.C16H33O2P/c1-6-10-14-18-22-26-30-37(36-34(5)35,31-27-23-19-15-11-7-2,32-28-24-20-16-12-8-3)33-29-25-21-17-13-9-4;1-3-4-5-6-7-8-9-10-11-12-13-14-15-19-18-16(2)17/h6-33H2,1-5H3;19H,3-15H2,1-2H3. The minimum atomic E-state index is -2.54. The van der Waals surface area contributed by atoms with E-state index >= 15 is 0 Å². The van der Waals surface area contributed by atoms with Crippen molar-refractivity contribution in [3.05, 3.63) is 0 Å². The Labute approximate surface area is 355 Å². The van der Waals surface area contributed by atoms with Crippen LogP contribution in [0, 0.1) is 0 Å². The third-order valence-corrected chi connectivity index (χ3v) is 19.6. The average molecular weight is 831 g/mol. The van der Waals surface area contributed by atoms with Crippen molar-refractivity contribution in [2.24, 2.45) is 0 Å². The molecule has 0 aliphatic heterocycles. The summed E-state index contributed by atoms with van der Waals surface area (Å²) in [6.45, 7) is 12.1. The molecule has 0 amide bonds. The van der Waals surface area contributed by atoms with Crippen LogP contribution in [-0.4, -0.2) is 42.7 Å². The van der Waals surface area contributed by atoms with Crippen LogP contribution in [0.3, 0.4) is 0 Å². The quantitative estimate of drug-likeness (QED) is 0.0454. The summed E-state index contributed by atoms with van der Waals surface area (Å²) in [5.41, 5.74) is 0. The second kappa shape index (κ2) is 44.4. The van der Waals surface area contributed by atoms with E-state index in [1.54, 1.807) is 6.92 Å². The summed E-state index contributed by atoms with van der Waals surface area (Å²) in [6.07, 6.45) is 54.4. The number of carbonyl (C=O) groups is 2. The molecule has 0 saturated carbocycles. The predicted octanol–water partition coefficient (Wildman–Crippen LogP) is 18.3. The van der Waals surface area contributed by atoms with Crippen molar-refractivity contribution < 1.29 is 18.6 Å². The van der Waals surface area contributed by atoms with Gasteiger partial charge in [0.25, 0.3) is 0 Å². The summed E-state index contributed by atoms with van der Waals surface area (Å²) in [7, 11) is 0.375. The summed E-state index contributed by atoms with van der Waals surface area (Å²) in [6, 6.07) is 0. The van der Waals surface area contributed by atoms with Gasteiger partial charge in [-0.2, -0.15) is 0 Å². The number of unbranched alkanes of at least 4 members (excludes halogenated alkanes) is 31. The molecule has 0 aromatic rings.